The molecular weight excluding hydrogens is 182 g/mol. The summed E-state index contributed by atoms with van der Waals surface area (Å²) in [6.07, 6.45) is 4.76. The summed E-state index contributed by atoms with van der Waals surface area (Å²) in [5, 5.41) is 1.08. The van der Waals surface area contributed by atoms with E-state index in [2.05, 4.69) is 6.07 Å². The van der Waals surface area contributed by atoms with E-state index in [0.29, 0.717) is 6.54 Å². The Morgan fingerprint density at radius 2 is 2.38 bits per heavy atom. The molecule has 0 amide bonds. The maximum absolute atomic E-state index is 5.58. The highest BCUT2D eigenvalue weighted by atomic mass is 32.1. The highest BCUT2D eigenvalue weighted by Crippen LogP contribution is 2.35. The summed E-state index contributed by atoms with van der Waals surface area (Å²) in [6.45, 7) is 1.47. The van der Waals surface area contributed by atoms with Gasteiger partial charge in [0.15, 0.2) is 5.06 Å². The third-order valence-electron chi connectivity index (χ3n) is 2.32. The maximum atomic E-state index is 5.58. The molecule has 0 spiro atoms. The van der Waals surface area contributed by atoms with Gasteiger partial charge < -0.3 is 10.5 Å². The summed E-state index contributed by atoms with van der Waals surface area (Å²) >= 11 is 1.81. The van der Waals surface area contributed by atoms with Gasteiger partial charge in [-0.2, -0.15) is 0 Å². The molecule has 0 atom stereocenters. The Balaban J connectivity index is 1.91. The molecule has 1 aliphatic carbocycles. The minimum absolute atomic E-state index is 0.713. The van der Waals surface area contributed by atoms with E-state index in [9.17, 15) is 0 Å². The zero-order chi connectivity index (χ0) is 9.10. The number of hydrogen-bond acceptors (Lipinski definition) is 3. The van der Waals surface area contributed by atoms with Crippen LogP contribution >= 0.6 is 11.3 Å². The molecule has 0 aliphatic heterocycles. The summed E-state index contributed by atoms with van der Waals surface area (Å²) < 4.78 is 5.58. The maximum Gasteiger partial charge on any atom is 0.174 e. The average Bonchev–Trinajstić information content (AvgIpc) is 2.64. The Kier molecular flexibility index (Phi) is 2.86. The number of ether oxygens (including phenoxy) is 1. The van der Waals surface area contributed by atoms with Gasteiger partial charge in [-0.25, -0.2) is 0 Å². The molecule has 72 valence electrons. The molecule has 0 fully saturated rings. The topological polar surface area (TPSA) is 35.2 Å². The molecular formula is C10H15NOS. The molecule has 0 saturated carbocycles. The SMILES string of the molecule is NCCCOc1cc2c(s1)CCC2. The van der Waals surface area contributed by atoms with Gasteiger partial charge in [0.05, 0.1) is 6.61 Å². The lowest BCUT2D eigenvalue weighted by molar-refractivity contribution is 0.322. The van der Waals surface area contributed by atoms with Crippen molar-refractivity contribution in [2.24, 2.45) is 5.73 Å². The number of aryl methyl sites for hydroxylation is 2. The minimum Gasteiger partial charge on any atom is -0.484 e. The first-order valence-corrected chi connectivity index (χ1v) is 5.66. The summed E-state index contributed by atoms with van der Waals surface area (Å²) in [7, 11) is 0. The molecule has 0 bridgehead atoms. The van der Waals surface area contributed by atoms with Crippen molar-refractivity contribution in [1.82, 2.24) is 0 Å². The van der Waals surface area contributed by atoms with Crippen LogP contribution in [0.3, 0.4) is 0 Å². The molecule has 0 aromatic carbocycles. The highest BCUT2D eigenvalue weighted by molar-refractivity contribution is 7.14. The molecule has 2 rings (SSSR count). The van der Waals surface area contributed by atoms with Crippen LogP contribution in [0.2, 0.25) is 0 Å². The molecule has 0 radical (unpaired) electrons. The molecule has 0 unspecified atom stereocenters. The fourth-order valence-corrected chi connectivity index (χ4v) is 2.75. The molecule has 3 heteroatoms. The van der Waals surface area contributed by atoms with Crippen LogP contribution in [-0.4, -0.2) is 13.2 Å². The van der Waals surface area contributed by atoms with Gasteiger partial charge in [-0.05, 0) is 43.9 Å². The number of thiophene rings is 1. The molecule has 1 aliphatic rings. The lowest BCUT2D eigenvalue weighted by Gasteiger charge is -2.00. The Bertz CT molecular complexity index is 261. The van der Waals surface area contributed by atoms with Gasteiger partial charge in [0.1, 0.15) is 0 Å². The van der Waals surface area contributed by atoms with Crippen molar-refractivity contribution < 1.29 is 4.74 Å². The molecule has 2 nitrogen and oxygen atoms in total. The lowest BCUT2D eigenvalue weighted by atomic mass is 10.3. The second-order valence-electron chi connectivity index (χ2n) is 3.36. The van der Waals surface area contributed by atoms with Crippen LogP contribution in [0.15, 0.2) is 6.07 Å². The molecule has 1 aromatic heterocycles. The van der Waals surface area contributed by atoms with Crippen molar-refractivity contribution in [2.45, 2.75) is 25.7 Å². The first-order valence-electron chi connectivity index (χ1n) is 4.84. The van der Waals surface area contributed by atoms with Crippen LogP contribution in [-0.2, 0) is 12.8 Å². The molecule has 0 saturated heterocycles. The Labute approximate surface area is 82.7 Å². The second kappa shape index (κ2) is 4.11. The first-order chi connectivity index (χ1) is 6.40. The van der Waals surface area contributed by atoms with E-state index in [4.69, 9.17) is 10.5 Å². The van der Waals surface area contributed by atoms with Crippen LogP contribution in [0.4, 0.5) is 0 Å². The molecule has 13 heavy (non-hydrogen) atoms. The van der Waals surface area contributed by atoms with Crippen molar-refractivity contribution in [3.63, 3.8) is 0 Å². The van der Waals surface area contributed by atoms with Crippen molar-refractivity contribution in [3.8, 4) is 5.06 Å². The molecule has 1 aromatic rings. The van der Waals surface area contributed by atoms with Gasteiger partial charge in [0, 0.05) is 4.88 Å². The van der Waals surface area contributed by atoms with E-state index in [1.807, 2.05) is 11.3 Å². The van der Waals surface area contributed by atoms with Crippen molar-refractivity contribution in [1.29, 1.82) is 0 Å². The zero-order valence-corrected chi connectivity index (χ0v) is 8.53. The predicted octanol–water partition coefficient (Wildman–Crippen LogP) is 1.96. The Hall–Kier alpha value is -0.540. The average molecular weight is 197 g/mol. The van der Waals surface area contributed by atoms with Crippen LogP contribution < -0.4 is 10.5 Å². The smallest absolute Gasteiger partial charge is 0.174 e. The zero-order valence-electron chi connectivity index (χ0n) is 7.71. The van der Waals surface area contributed by atoms with E-state index in [1.54, 1.807) is 0 Å². The number of rotatable bonds is 4. The quantitative estimate of drug-likeness (QED) is 0.749. The normalized spacial score (nSPS) is 14.5. The third kappa shape index (κ3) is 2.03. The van der Waals surface area contributed by atoms with E-state index >= 15 is 0 Å². The predicted molar refractivity (Wildman–Crippen MR) is 55.5 cm³/mol. The summed E-state index contributed by atoms with van der Waals surface area (Å²) in [5.74, 6) is 0. The van der Waals surface area contributed by atoms with Gasteiger partial charge in [-0.3, -0.25) is 0 Å². The van der Waals surface area contributed by atoms with E-state index in [1.165, 1.54) is 29.7 Å². The van der Waals surface area contributed by atoms with Gasteiger partial charge in [-0.15, -0.1) is 11.3 Å². The van der Waals surface area contributed by atoms with Gasteiger partial charge in [0.25, 0.3) is 0 Å². The second-order valence-corrected chi connectivity index (χ2v) is 4.46. The van der Waals surface area contributed by atoms with Crippen molar-refractivity contribution in [2.75, 3.05) is 13.2 Å². The largest absolute Gasteiger partial charge is 0.484 e. The number of hydrogen-bond donors (Lipinski definition) is 1. The summed E-state index contributed by atoms with van der Waals surface area (Å²) in [5.41, 5.74) is 6.90. The van der Waals surface area contributed by atoms with Crippen LogP contribution in [0.5, 0.6) is 5.06 Å². The van der Waals surface area contributed by atoms with E-state index in [-0.39, 0.29) is 0 Å². The number of fused-ring (bicyclic) bond motifs is 1. The Morgan fingerprint density at radius 1 is 1.46 bits per heavy atom. The first kappa shape index (κ1) is 9.03. The van der Waals surface area contributed by atoms with Crippen LogP contribution in [0, 0.1) is 0 Å². The molecule has 2 N–H and O–H groups in total. The number of nitrogens with two attached hydrogens (primary N) is 1. The fourth-order valence-electron chi connectivity index (χ4n) is 1.63. The molecule has 1 heterocycles. The Morgan fingerprint density at radius 3 is 3.15 bits per heavy atom. The monoisotopic (exact) mass is 197 g/mol. The van der Waals surface area contributed by atoms with E-state index in [0.717, 1.165) is 18.1 Å². The standard InChI is InChI=1S/C10H15NOS/c11-5-2-6-12-10-7-8-3-1-4-9(8)13-10/h7H,1-6,11H2. The lowest BCUT2D eigenvalue weighted by Crippen LogP contribution is -2.05. The van der Waals surface area contributed by atoms with Gasteiger partial charge in [0.2, 0.25) is 0 Å². The summed E-state index contributed by atoms with van der Waals surface area (Å²) in [4.78, 5) is 1.53. The third-order valence-corrected chi connectivity index (χ3v) is 3.47. The van der Waals surface area contributed by atoms with Crippen molar-refractivity contribution >= 4 is 11.3 Å². The van der Waals surface area contributed by atoms with Gasteiger partial charge >= 0.3 is 0 Å². The fraction of sp³-hybridized carbons (Fsp3) is 0.600. The van der Waals surface area contributed by atoms with Crippen LogP contribution in [0.25, 0.3) is 0 Å². The summed E-state index contributed by atoms with van der Waals surface area (Å²) in [6, 6.07) is 2.20. The van der Waals surface area contributed by atoms with Crippen molar-refractivity contribution in [3.05, 3.63) is 16.5 Å². The minimum atomic E-state index is 0.713. The highest BCUT2D eigenvalue weighted by Gasteiger charge is 2.14. The van der Waals surface area contributed by atoms with E-state index < -0.39 is 0 Å². The van der Waals surface area contributed by atoms with Crippen LogP contribution in [0.1, 0.15) is 23.3 Å². The van der Waals surface area contributed by atoms with Gasteiger partial charge in [-0.1, -0.05) is 0 Å².